The highest BCUT2D eigenvalue weighted by Gasteiger charge is 2.36. The number of ether oxygens (including phenoxy) is 2. The van der Waals surface area contributed by atoms with Crippen LogP contribution < -0.4 is 15.5 Å². The summed E-state index contributed by atoms with van der Waals surface area (Å²) in [5.74, 6) is -2.04. The number of fused-ring (bicyclic) bond motifs is 3. The maximum absolute atomic E-state index is 12.4. The predicted molar refractivity (Wildman–Crippen MR) is 109 cm³/mol. The van der Waals surface area contributed by atoms with Crippen molar-refractivity contribution in [1.82, 2.24) is 5.32 Å². The molecule has 162 valence electrons. The lowest BCUT2D eigenvalue weighted by Crippen LogP contribution is -2.47. The summed E-state index contributed by atoms with van der Waals surface area (Å²) in [6, 6.07) is 3.98. The van der Waals surface area contributed by atoms with E-state index < -0.39 is 30.5 Å². The minimum atomic E-state index is -0.807. The molecule has 3 rings (SSSR count). The Bertz CT molecular complexity index is 855. The summed E-state index contributed by atoms with van der Waals surface area (Å²) < 4.78 is 9.82. The highest BCUT2D eigenvalue weighted by Crippen LogP contribution is 2.37. The normalized spacial score (nSPS) is 19.1. The zero-order chi connectivity index (χ0) is 21.8. The van der Waals surface area contributed by atoms with Gasteiger partial charge in [-0.15, -0.1) is 0 Å². The van der Waals surface area contributed by atoms with E-state index in [1.54, 1.807) is 18.2 Å². The molecular weight excluding hydrogens is 390 g/mol. The summed E-state index contributed by atoms with van der Waals surface area (Å²) in [7, 11) is 1.25. The van der Waals surface area contributed by atoms with E-state index in [0.717, 1.165) is 25.1 Å². The molecule has 0 radical (unpaired) electrons. The molecule has 1 aromatic carbocycles. The largest absolute Gasteiger partial charge is 0.467 e. The first-order valence-electron chi connectivity index (χ1n) is 10.1. The lowest BCUT2D eigenvalue weighted by Gasteiger charge is -2.33. The monoisotopic (exact) mass is 417 g/mol. The van der Waals surface area contributed by atoms with E-state index >= 15 is 0 Å². The van der Waals surface area contributed by atoms with Crippen LogP contribution in [0.3, 0.4) is 0 Å². The van der Waals surface area contributed by atoms with E-state index in [1.807, 2.05) is 18.7 Å². The first-order valence-corrected chi connectivity index (χ1v) is 10.1. The molecule has 1 saturated heterocycles. The van der Waals surface area contributed by atoms with Crippen molar-refractivity contribution >= 4 is 35.1 Å². The van der Waals surface area contributed by atoms with Gasteiger partial charge >= 0.3 is 11.9 Å². The highest BCUT2D eigenvalue weighted by atomic mass is 16.5. The van der Waals surface area contributed by atoms with Gasteiger partial charge in [-0.25, -0.2) is 9.59 Å². The zero-order valence-corrected chi connectivity index (χ0v) is 17.4. The number of hydrogen-bond acceptors (Lipinski definition) is 7. The minimum absolute atomic E-state index is 0.0798. The number of esters is 2. The Morgan fingerprint density at radius 2 is 2.10 bits per heavy atom. The van der Waals surface area contributed by atoms with Crippen molar-refractivity contribution in [2.45, 2.75) is 45.2 Å². The van der Waals surface area contributed by atoms with Crippen LogP contribution in [0.2, 0.25) is 0 Å². The molecule has 30 heavy (non-hydrogen) atoms. The van der Waals surface area contributed by atoms with Gasteiger partial charge in [0, 0.05) is 6.54 Å². The van der Waals surface area contributed by atoms with Crippen molar-refractivity contribution in [2.24, 2.45) is 5.92 Å². The first-order chi connectivity index (χ1) is 14.3. The number of nitrogens with zero attached hydrogens (tertiary/aromatic N) is 1. The average molecular weight is 417 g/mol. The van der Waals surface area contributed by atoms with Gasteiger partial charge < -0.3 is 25.0 Å². The SMILES string of the molecule is CC[C@H](C)[C@H](NC(=O)COC(=O)c1ccc2c(c1)NC(=O)[C@H]1CCCN21)C(=O)OC. The number of amides is 2. The molecule has 2 amide bonds. The van der Waals surface area contributed by atoms with E-state index in [4.69, 9.17) is 9.47 Å². The maximum atomic E-state index is 12.4. The van der Waals surface area contributed by atoms with Crippen LogP contribution in [-0.4, -0.2) is 56.1 Å². The molecule has 9 heteroatoms. The third-order valence-electron chi connectivity index (χ3n) is 5.67. The number of nitrogens with one attached hydrogen (secondary N) is 2. The summed E-state index contributed by atoms with van der Waals surface area (Å²) in [5, 5.41) is 5.39. The topological polar surface area (TPSA) is 114 Å². The average Bonchev–Trinajstić information content (AvgIpc) is 3.25. The van der Waals surface area contributed by atoms with Gasteiger partial charge in [-0.2, -0.15) is 0 Å². The van der Waals surface area contributed by atoms with Gasteiger partial charge in [-0.05, 0) is 37.0 Å². The molecule has 2 heterocycles. The number of benzene rings is 1. The van der Waals surface area contributed by atoms with Crippen LogP contribution in [0.5, 0.6) is 0 Å². The molecule has 0 aromatic heterocycles. The van der Waals surface area contributed by atoms with Gasteiger partial charge in [0.2, 0.25) is 5.91 Å². The third kappa shape index (κ3) is 4.39. The number of carbonyl (C=O) groups excluding carboxylic acids is 4. The molecule has 0 aliphatic carbocycles. The summed E-state index contributed by atoms with van der Waals surface area (Å²) in [6.45, 7) is 3.99. The number of hydrogen-bond donors (Lipinski definition) is 2. The van der Waals surface area contributed by atoms with Gasteiger partial charge in [-0.3, -0.25) is 9.59 Å². The molecule has 9 nitrogen and oxygen atoms in total. The molecule has 0 bridgehead atoms. The molecule has 0 unspecified atom stereocenters. The summed E-state index contributed by atoms with van der Waals surface area (Å²) >= 11 is 0. The molecule has 3 atom stereocenters. The van der Waals surface area contributed by atoms with Gasteiger partial charge in [0.1, 0.15) is 12.1 Å². The summed E-state index contributed by atoms with van der Waals surface area (Å²) in [6.07, 6.45) is 2.42. The Hall–Kier alpha value is -3.10. The van der Waals surface area contributed by atoms with Gasteiger partial charge in [0.05, 0.1) is 24.0 Å². The van der Waals surface area contributed by atoms with Crippen LogP contribution in [0.4, 0.5) is 11.4 Å². The van der Waals surface area contributed by atoms with Crippen molar-refractivity contribution in [2.75, 3.05) is 30.5 Å². The number of carbonyl (C=O) groups is 4. The smallest absolute Gasteiger partial charge is 0.338 e. The first kappa shape index (κ1) is 21.6. The van der Waals surface area contributed by atoms with Crippen molar-refractivity contribution < 1.29 is 28.7 Å². The zero-order valence-electron chi connectivity index (χ0n) is 17.4. The van der Waals surface area contributed by atoms with E-state index in [0.29, 0.717) is 12.1 Å². The second-order valence-electron chi connectivity index (χ2n) is 7.60. The highest BCUT2D eigenvalue weighted by molar-refractivity contribution is 6.05. The van der Waals surface area contributed by atoms with Crippen LogP contribution in [0.1, 0.15) is 43.5 Å². The van der Waals surface area contributed by atoms with Crippen LogP contribution >= 0.6 is 0 Å². The summed E-state index contributed by atoms with van der Waals surface area (Å²) in [4.78, 5) is 50.7. The van der Waals surface area contributed by atoms with Gasteiger partial charge in [-0.1, -0.05) is 20.3 Å². The minimum Gasteiger partial charge on any atom is -0.467 e. The van der Waals surface area contributed by atoms with Crippen molar-refractivity contribution in [1.29, 1.82) is 0 Å². The van der Waals surface area contributed by atoms with Crippen LogP contribution in [0.15, 0.2) is 18.2 Å². The Morgan fingerprint density at radius 3 is 2.80 bits per heavy atom. The lowest BCUT2D eigenvalue weighted by atomic mass is 9.99. The van der Waals surface area contributed by atoms with Crippen LogP contribution in [0.25, 0.3) is 0 Å². The molecule has 1 aromatic rings. The fraction of sp³-hybridized carbons (Fsp3) is 0.524. The van der Waals surface area contributed by atoms with Crippen molar-refractivity contribution in [3.05, 3.63) is 23.8 Å². The standard InChI is InChI=1S/C21H27N3O6/c1-4-12(2)18(21(28)29-3)23-17(25)11-30-20(27)13-7-8-15-14(10-13)22-19(26)16-6-5-9-24(15)16/h7-8,10,12,16,18H,4-6,9,11H2,1-3H3,(H,22,26)(H,23,25)/t12-,16+,18-/m0/s1. The number of rotatable bonds is 7. The fourth-order valence-electron chi connectivity index (χ4n) is 3.78. The summed E-state index contributed by atoms with van der Waals surface area (Å²) in [5.41, 5.74) is 1.66. The Balaban J connectivity index is 1.61. The second kappa shape index (κ2) is 9.15. The van der Waals surface area contributed by atoms with Crippen molar-refractivity contribution in [3.8, 4) is 0 Å². The van der Waals surface area contributed by atoms with E-state index in [9.17, 15) is 19.2 Å². The third-order valence-corrected chi connectivity index (χ3v) is 5.67. The predicted octanol–water partition coefficient (Wildman–Crippen LogP) is 1.47. The van der Waals surface area contributed by atoms with E-state index in [2.05, 4.69) is 10.6 Å². The Labute approximate surface area is 175 Å². The molecular formula is C21H27N3O6. The molecule has 2 aliphatic rings. The second-order valence-corrected chi connectivity index (χ2v) is 7.60. The van der Waals surface area contributed by atoms with Gasteiger partial charge in [0.15, 0.2) is 6.61 Å². The van der Waals surface area contributed by atoms with E-state index in [-0.39, 0.29) is 23.4 Å². The quantitative estimate of drug-likeness (QED) is 0.646. The van der Waals surface area contributed by atoms with Gasteiger partial charge in [0.25, 0.3) is 5.91 Å². The number of methoxy groups -OCH3 is 1. The molecule has 0 saturated carbocycles. The Morgan fingerprint density at radius 1 is 1.33 bits per heavy atom. The Kier molecular flexibility index (Phi) is 6.59. The van der Waals surface area contributed by atoms with Crippen LogP contribution in [0, 0.1) is 5.92 Å². The fourth-order valence-corrected chi connectivity index (χ4v) is 3.78. The molecule has 1 fully saturated rings. The molecule has 2 N–H and O–H groups in total. The van der Waals surface area contributed by atoms with E-state index in [1.165, 1.54) is 7.11 Å². The molecule has 0 spiro atoms. The maximum Gasteiger partial charge on any atom is 0.338 e. The molecule has 2 aliphatic heterocycles. The van der Waals surface area contributed by atoms with Crippen molar-refractivity contribution in [3.63, 3.8) is 0 Å². The lowest BCUT2D eigenvalue weighted by molar-refractivity contribution is -0.147. The van der Waals surface area contributed by atoms with Crippen LogP contribution in [-0.2, 0) is 23.9 Å². The number of anilines is 2.